The molecule has 0 saturated carbocycles. The van der Waals surface area contributed by atoms with Crippen LogP contribution < -0.4 is 4.74 Å². The summed E-state index contributed by atoms with van der Waals surface area (Å²) in [6, 6.07) is 10.2. The van der Waals surface area contributed by atoms with E-state index in [1.807, 2.05) is 0 Å². The second-order valence-electron chi connectivity index (χ2n) is 11.3. The van der Waals surface area contributed by atoms with E-state index in [4.69, 9.17) is 4.74 Å². The van der Waals surface area contributed by atoms with E-state index < -0.39 is 52.5 Å². The zero-order valence-corrected chi connectivity index (χ0v) is 24.2. The smallest absolute Gasteiger partial charge is 0.417 e. The normalized spacial score (nSPS) is 22.4. The molecule has 2 amide bonds. The summed E-state index contributed by atoms with van der Waals surface area (Å²) in [5.74, 6) is -1.72. The lowest BCUT2D eigenvalue weighted by molar-refractivity contribution is -0.158. The molecule has 5 rings (SSSR count). The van der Waals surface area contributed by atoms with Crippen LogP contribution in [0, 0.1) is 0 Å². The Bertz CT molecular complexity index is 1540. The maximum atomic E-state index is 14.5. The number of hydrogen-bond acceptors (Lipinski definition) is 5. The molecule has 13 heteroatoms. The molecule has 2 unspecified atom stereocenters. The zero-order valence-electron chi connectivity index (χ0n) is 24.2. The molecule has 2 aliphatic rings. The van der Waals surface area contributed by atoms with Gasteiger partial charge in [0.1, 0.15) is 11.5 Å². The van der Waals surface area contributed by atoms with E-state index in [-0.39, 0.29) is 56.3 Å². The number of ether oxygens (including phenoxy) is 1. The second-order valence-corrected chi connectivity index (χ2v) is 11.3. The van der Waals surface area contributed by atoms with E-state index in [9.17, 15) is 41.0 Å². The summed E-state index contributed by atoms with van der Waals surface area (Å²) >= 11 is 0. The summed E-state index contributed by atoms with van der Waals surface area (Å²) in [7, 11) is 0. The number of benzene rings is 2. The van der Waals surface area contributed by atoms with Gasteiger partial charge < -0.3 is 19.6 Å². The van der Waals surface area contributed by atoms with E-state index in [1.165, 1.54) is 9.80 Å². The Morgan fingerprint density at radius 3 is 2.36 bits per heavy atom. The Kier molecular flexibility index (Phi) is 8.74. The van der Waals surface area contributed by atoms with Crippen LogP contribution in [0.2, 0.25) is 0 Å². The molecule has 2 saturated heterocycles. The Balaban J connectivity index is 1.54. The Hall–Kier alpha value is -4.29. The number of carbonyl (C=O) groups is 2. The molecule has 3 aromatic rings. The number of likely N-dealkylation sites (tertiary alicyclic amines) is 2. The van der Waals surface area contributed by atoms with E-state index >= 15 is 0 Å². The van der Waals surface area contributed by atoms with Crippen molar-refractivity contribution in [1.82, 2.24) is 14.8 Å². The predicted molar refractivity (Wildman–Crippen MR) is 150 cm³/mol. The molecule has 2 aromatic carbocycles. The van der Waals surface area contributed by atoms with Crippen molar-refractivity contribution in [3.63, 3.8) is 0 Å². The van der Waals surface area contributed by atoms with Gasteiger partial charge in [-0.2, -0.15) is 26.3 Å². The van der Waals surface area contributed by atoms with Crippen molar-refractivity contribution in [1.29, 1.82) is 0 Å². The lowest BCUT2D eigenvalue weighted by Crippen LogP contribution is -2.67. The highest BCUT2D eigenvalue weighted by atomic mass is 19.4. The number of alkyl halides is 6. The molecule has 2 aliphatic heterocycles. The van der Waals surface area contributed by atoms with Crippen LogP contribution in [0.1, 0.15) is 65.6 Å². The van der Waals surface area contributed by atoms with Gasteiger partial charge in [0, 0.05) is 44.4 Å². The molecule has 7 nitrogen and oxygen atoms in total. The van der Waals surface area contributed by atoms with Crippen LogP contribution in [0.3, 0.4) is 0 Å². The van der Waals surface area contributed by atoms with Crippen LogP contribution in [0.15, 0.2) is 67.0 Å². The van der Waals surface area contributed by atoms with E-state index in [1.54, 1.807) is 31.2 Å². The number of hydrogen-bond donors (Lipinski definition) is 1. The average Bonchev–Trinajstić information content (AvgIpc) is 3.50. The second kappa shape index (κ2) is 12.2. The van der Waals surface area contributed by atoms with Gasteiger partial charge in [-0.15, -0.1) is 0 Å². The fourth-order valence-corrected chi connectivity index (χ4v) is 6.48. The zero-order chi connectivity index (χ0) is 32.6. The Labute approximate surface area is 255 Å². The molecule has 3 atom stereocenters. The summed E-state index contributed by atoms with van der Waals surface area (Å²) < 4.78 is 87.8. The number of para-hydroxylation sites is 1. The van der Waals surface area contributed by atoms with Crippen LogP contribution >= 0.6 is 0 Å². The third kappa shape index (κ3) is 6.30. The first kappa shape index (κ1) is 32.1. The lowest BCUT2D eigenvalue weighted by atomic mass is 9.80. The highest BCUT2D eigenvalue weighted by Crippen LogP contribution is 2.42. The summed E-state index contributed by atoms with van der Waals surface area (Å²) in [4.78, 5) is 34.8. The SMILES string of the molecule is CCC1N(C(=O)c2cnccc2C(F)(F)F)CCC[C@@]1(Oc1ccc(C(F)(F)F)cc1)C(=O)N1CCC(c2ccccc2O)C1. The molecule has 1 N–H and O–H groups in total. The Morgan fingerprint density at radius 2 is 1.71 bits per heavy atom. The van der Waals surface area contributed by atoms with Gasteiger partial charge in [-0.25, -0.2) is 0 Å². The molecule has 2 fully saturated rings. The molecule has 0 aliphatic carbocycles. The summed E-state index contributed by atoms with van der Waals surface area (Å²) in [5, 5.41) is 10.4. The van der Waals surface area contributed by atoms with E-state index in [0.717, 1.165) is 36.7 Å². The molecule has 240 valence electrons. The number of amides is 2. The summed E-state index contributed by atoms with van der Waals surface area (Å²) in [5.41, 5.74) is -3.95. The minimum atomic E-state index is -4.84. The van der Waals surface area contributed by atoms with Crippen molar-refractivity contribution in [3.05, 3.63) is 89.2 Å². The summed E-state index contributed by atoms with van der Waals surface area (Å²) in [6.45, 7) is 2.15. The molecule has 0 bridgehead atoms. The standard InChI is InChI=1S/C32H31F6N3O4/c1-2-27-30(45-22-10-8-21(9-11-22)31(33,34)35,29(44)40-17-13-20(19-40)23-6-3-4-7-26(23)42)14-5-16-41(27)28(43)24-18-39-15-12-25(24)32(36,37)38/h3-4,6-12,15,18,20,27,42H,2,5,13-14,16-17,19H2,1H3/t20?,27?,30-/m0/s1. The maximum absolute atomic E-state index is 14.5. The van der Waals surface area contributed by atoms with Crippen LogP contribution in [-0.4, -0.2) is 63.0 Å². The number of aromatic nitrogens is 1. The first-order valence-corrected chi connectivity index (χ1v) is 14.5. The quantitative estimate of drug-likeness (QED) is 0.306. The topological polar surface area (TPSA) is 83.0 Å². The molecule has 3 heterocycles. The van der Waals surface area contributed by atoms with Crippen molar-refractivity contribution in [2.24, 2.45) is 0 Å². The fraction of sp³-hybridized carbons (Fsp3) is 0.406. The largest absolute Gasteiger partial charge is 0.508 e. The number of aromatic hydroxyl groups is 1. The monoisotopic (exact) mass is 635 g/mol. The number of pyridine rings is 1. The van der Waals surface area contributed by atoms with Crippen LogP contribution in [0.5, 0.6) is 11.5 Å². The molecule has 1 aromatic heterocycles. The number of nitrogens with zero attached hydrogens (tertiary/aromatic N) is 3. The number of phenolic OH excluding ortho intramolecular Hbond substituents is 1. The predicted octanol–water partition coefficient (Wildman–Crippen LogP) is 6.67. The van der Waals surface area contributed by atoms with E-state index in [2.05, 4.69) is 4.98 Å². The molecule has 45 heavy (non-hydrogen) atoms. The van der Waals surface area contributed by atoms with Crippen LogP contribution in [0.4, 0.5) is 26.3 Å². The van der Waals surface area contributed by atoms with Crippen molar-refractivity contribution in [3.8, 4) is 11.5 Å². The third-order valence-corrected chi connectivity index (χ3v) is 8.56. The first-order valence-electron chi connectivity index (χ1n) is 14.5. The average molecular weight is 636 g/mol. The minimum absolute atomic E-state index is 0.0233. The van der Waals surface area contributed by atoms with Crippen molar-refractivity contribution >= 4 is 11.8 Å². The maximum Gasteiger partial charge on any atom is 0.417 e. The molecular formula is C32H31F6N3O4. The van der Waals surface area contributed by atoms with Crippen molar-refractivity contribution < 1.29 is 45.8 Å². The highest BCUT2D eigenvalue weighted by Gasteiger charge is 2.56. The Morgan fingerprint density at radius 1 is 1.00 bits per heavy atom. The van der Waals surface area contributed by atoms with Gasteiger partial charge >= 0.3 is 12.4 Å². The summed E-state index contributed by atoms with van der Waals surface area (Å²) in [6.07, 6.45) is -6.85. The number of carbonyl (C=O) groups excluding carboxylic acids is 2. The third-order valence-electron chi connectivity index (χ3n) is 8.56. The number of piperidine rings is 1. The first-order chi connectivity index (χ1) is 21.3. The van der Waals surface area contributed by atoms with Crippen molar-refractivity contribution in [2.45, 2.75) is 62.5 Å². The van der Waals surface area contributed by atoms with Gasteiger partial charge in [0.2, 0.25) is 5.60 Å². The number of halogens is 6. The highest BCUT2D eigenvalue weighted by molar-refractivity contribution is 5.97. The molecule has 0 radical (unpaired) electrons. The fourth-order valence-electron chi connectivity index (χ4n) is 6.48. The number of rotatable bonds is 6. The lowest BCUT2D eigenvalue weighted by Gasteiger charge is -2.49. The van der Waals surface area contributed by atoms with Gasteiger partial charge in [-0.3, -0.25) is 14.6 Å². The minimum Gasteiger partial charge on any atom is -0.508 e. The number of phenols is 1. The van der Waals surface area contributed by atoms with Crippen LogP contribution in [0.25, 0.3) is 0 Å². The van der Waals surface area contributed by atoms with Gasteiger partial charge in [0.05, 0.1) is 22.7 Å². The van der Waals surface area contributed by atoms with Crippen LogP contribution in [-0.2, 0) is 17.1 Å². The molecular weight excluding hydrogens is 604 g/mol. The van der Waals surface area contributed by atoms with E-state index in [0.29, 0.717) is 18.1 Å². The molecule has 0 spiro atoms. The van der Waals surface area contributed by atoms with Gasteiger partial charge in [-0.05, 0) is 61.2 Å². The van der Waals surface area contributed by atoms with Gasteiger partial charge in [0.25, 0.3) is 11.8 Å². The van der Waals surface area contributed by atoms with Gasteiger partial charge in [-0.1, -0.05) is 25.1 Å². The van der Waals surface area contributed by atoms with Gasteiger partial charge in [0.15, 0.2) is 0 Å². The van der Waals surface area contributed by atoms with Crippen molar-refractivity contribution in [2.75, 3.05) is 19.6 Å².